The first-order valence-electron chi connectivity index (χ1n) is 8.98. The van der Waals surface area contributed by atoms with Crippen LogP contribution in [0.5, 0.6) is 0 Å². The standard InChI is InChI=1S/C21H22N2O4/c1-14-10-11-16(20(25)23-12-6-5-9-18(23)21(26)27)13-17(14)22-19(24)15-7-3-2-4-8-15/h2-4,7-8,10-11,13,18H,5-6,9,12H2,1H3,(H,22,24)(H,26,27). The number of hydrogen-bond acceptors (Lipinski definition) is 3. The number of rotatable bonds is 4. The van der Waals surface area contributed by atoms with Crippen molar-refractivity contribution < 1.29 is 19.5 Å². The molecular weight excluding hydrogens is 344 g/mol. The summed E-state index contributed by atoms with van der Waals surface area (Å²) in [4.78, 5) is 38.2. The van der Waals surface area contributed by atoms with Crippen molar-refractivity contribution in [2.24, 2.45) is 0 Å². The highest BCUT2D eigenvalue weighted by Crippen LogP contribution is 2.23. The summed E-state index contributed by atoms with van der Waals surface area (Å²) < 4.78 is 0. The number of piperidine rings is 1. The van der Waals surface area contributed by atoms with Crippen molar-refractivity contribution in [2.45, 2.75) is 32.2 Å². The Morgan fingerprint density at radius 2 is 1.78 bits per heavy atom. The van der Waals surface area contributed by atoms with Gasteiger partial charge in [-0.15, -0.1) is 0 Å². The van der Waals surface area contributed by atoms with E-state index in [1.165, 1.54) is 4.90 Å². The molecule has 0 radical (unpaired) electrons. The van der Waals surface area contributed by atoms with Gasteiger partial charge >= 0.3 is 5.97 Å². The molecule has 1 aliphatic heterocycles. The number of carboxylic acids is 1. The van der Waals surface area contributed by atoms with Gasteiger partial charge in [-0.3, -0.25) is 9.59 Å². The maximum atomic E-state index is 12.9. The summed E-state index contributed by atoms with van der Waals surface area (Å²) in [7, 11) is 0. The van der Waals surface area contributed by atoms with Crippen molar-refractivity contribution >= 4 is 23.5 Å². The summed E-state index contributed by atoms with van der Waals surface area (Å²) in [5.41, 5.74) is 2.26. The van der Waals surface area contributed by atoms with E-state index in [1.807, 2.05) is 13.0 Å². The van der Waals surface area contributed by atoms with Gasteiger partial charge in [0.25, 0.3) is 11.8 Å². The molecule has 1 atom stereocenters. The lowest BCUT2D eigenvalue weighted by Crippen LogP contribution is -2.48. The van der Waals surface area contributed by atoms with E-state index < -0.39 is 12.0 Å². The van der Waals surface area contributed by atoms with Crippen molar-refractivity contribution in [1.29, 1.82) is 0 Å². The molecule has 0 spiro atoms. The van der Waals surface area contributed by atoms with Crippen molar-refractivity contribution in [3.05, 3.63) is 65.2 Å². The van der Waals surface area contributed by atoms with Gasteiger partial charge in [-0.1, -0.05) is 24.3 Å². The van der Waals surface area contributed by atoms with E-state index in [-0.39, 0.29) is 11.8 Å². The maximum absolute atomic E-state index is 12.9. The summed E-state index contributed by atoms with van der Waals surface area (Å²) in [6.45, 7) is 2.27. The fourth-order valence-corrected chi connectivity index (χ4v) is 3.27. The smallest absolute Gasteiger partial charge is 0.326 e. The van der Waals surface area contributed by atoms with Gasteiger partial charge in [0.1, 0.15) is 6.04 Å². The van der Waals surface area contributed by atoms with Crippen molar-refractivity contribution in [1.82, 2.24) is 4.90 Å². The average molecular weight is 366 g/mol. The first-order chi connectivity index (χ1) is 13.0. The quantitative estimate of drug-likeness (QED) is 0.869. The third-order valence-electron chi connectivity index (χ3n) is 4.82. The topological polar surface area (TPSA) is 86.7 Å². The highest BCUT2D eigenvalue weighted by molar-refractivity contribution is 6.05. The summed E-state index contributed by atoms with van der Waals surface area (Å²) >= 11 is 0. The Morgan fingerprint density at radius 3 is 2.48 bits per heavy atom. The van der Waals surface area contributed by atoms with E-state index in [2.05, 4.69) is 5.32 Å². The van der Waals surface area contributed by atoms with Gasteiger partial charge in [-0.05, 0) is 56.0 Å². The van der Waals surface area contributed by atoms with Gasteiger partial charge in [-0.2, -0.15) is 0 Å². The largest absolute Gasteiger partial charge is 0.480 e. The van der Waals surface area contributed by atoms with Crippen molar-refractivity contribution in [3.63, 3.8) is 0 Å². The molecule has 1 unspecified atom stereocenters. The molecule has 0 aliphatic carbocycles. The maximum Gasteiger partial charge on any atom is 0.326 e. The van der Waals surface area contributed by atoms with Crippen LogP contribution in [0.1, 0.15) is 45.5 Å². The minimum Gasteiger partial charge on any atom is -0.480 e. The molecule has 0 bridgehead atoms. The van der Waals surface area contributed by atoms with Crippen LogP contribution >= 0.6 is 0 Å². The number of anilines is 1. The Hall–Kier alpha value is -3.15. The number of aliphatic carboxylic acids is 1. The lowest BCUT2D eigenvalue weighted by Gasteiger charge is -2.33. The van der Waals surface area contributed by atoms with Crippen molar-refractivity contribution in [2.75, 3.05) is 11.9 Å². The number of carboxylic acid groups (broad SMARTS) is 1. The Bertz CT molecular complexity index is 864. The highest BCUT2D eigenvalue weighted by Gasteiger charge is 2.32. The minimum absolute atomic E-state index is 0.260. The number of carbonyl (C=O) groups is 3. The number of nitrogens with zero attached hydrogens (tertiary/aromatic N) is 1. The zero-order valence-corrected chi connectivity index (χ0v) is 15.1. The summed E-state index contributed by atoms with van der Waals surface area (Å²) in [5, 5.41) is 12.2. The van der Waals surface area contributed by atoms with Gasteiger partial charge in [0.15, 0.2) is 0 Å². The number of amides is 2. The Balaban J connectivity index is 1.83. The Morgan fingerprint density at radius 1 is 1.04 bits per heavy atom. The van der Waals surface area contributed by atoms with Gasteiger partial charge in [0.2, 0.25) is 0 Å². The van der Waals surface area contributed by atoms with Crippen molar-refractivity contribution in [3.8, 4) is 0 Å². The normalized spacial score (nSPS) is 16.6. The number of aryl methyl sites for hydroxylation is 1. The third-order valence-corrected chi connectivity index (χ3v) is 4.82. The lowest BCUT2D eigenvalue weighted by molar-refractivity contribution is -0.143. The SMILES string of the molecule is Cc1ccc(C(=O)N2CCCCC2C(=O)O)cc1NC(=O)c1ccccc1. The molecule has 2 amide bonds. The predicted octanol–water partition coefficient (Wildman–Crippen LogP) is 3.33. The molecule has 2 aromatic carbocycles. The zero-order chi connectivity index (χ0) is 19.4. The second kappa shape index (κ2) is 8.03. The molecule has 27 heavy (non-hydrogen) atoms. The molecule has 2 N–H and O–H groups in total. The van der Waals surface area contributed by atoms with Crippen LogP contribution in [0.15, 0.2) is 48.5 Å². The molecule has 2 aromatic rings. The molecule has 3 rings (SSSR count). The van der Waals surface area contributed by atoms with E-state index in [1.54, 1.807) is 42.5 Å². The van der Waals surface area contributed by atoms with Crippen LogP contribution in [0.3, 0.4) is 0 Å². The molecule has 0 aromatic heterocycles. The first-order valence-corrected chi connectivity index (χ1v) is 8.98. The fourth-order valence-electron chi connectivity index (χ4n) is 3.27. The van der Waals surface area contributed by atoms with Crippen LogP contribution in [0.2, 0.25) is 0 Å². The molecule has 0 saturated carbocycles. The molecule has 1 saturated heterocycles. The third kappa shape index (κ3) is 4.16. The van der Waals surface area contributed by atoms with E-state index >= 15 is 0 Å². The number of carbonyl (C=O) groups excluding carboxylic acids is 2. The number of benzene rings is 2. The van der Waals surface area contributed by atoms with E-state index in [9.17, 15) is 19.5 Å². The molecule has 140 valence electrons. The molecule has 1 heterocycles. The zero-order valence-electron chi connectivity index (χ0n) is 15.1. The second-order valence-corrected chi connectivity index (χ2v) is 6.70. The molecule has 1 aliphatic rings. The van der Waals surface area contributed by atoms with E-state index in [4.69, 9.17) is 0 Å². The van der Waals surface area contributed by atoms with Crippen LogP contribution in [-0.4, -0.2) is 40.4 Å². The average Bonchev–Trinajstić information content (AvgIpc) is 2.69. The fraction of sp³-hybridized carbons (Fsp3) is 0.286. The molecule has 6 nitrogen and oxygen atoms in total. The van der Waals surface area contributed by atoms with Gasteiger partial charge < -0.3 is 15.3 Å². The van der Waals surface area contributed by atoms with Crippen LogP contribution in [0.4, 0.5) is 5.69 Å². The predicted molar refractivity (Wildman–Crippen MR) is 102 cm³/mol. The minimum atomic E-state index is -0.979. The van der Waals surface area contributed by atoms with Crippen LogP contribution in [-0.2, 0) is 4.79 Å². The van der Waals surface area contributed by atoms with Gasteiger partial charge in [-0.25, -0.2) is 4.79 Å². The van der Waals surface area contributed by atoms with Crippen LogP contribution in [0.25, 0.3) is 0 Å². The van der Waals surface area contributed by atoms with E-state index in [0.29, 0.717) is 29.8 Å². The van der Waals surface area contributed by atoms with Crippen LogP contribution in [0, 0.1) is 6.92 Å². The summed E-state index contributed by atoms with van der Waals surface area (Å²) in [6.07, 6.45) is 2.05. The Labute approximate surface area is 157 Å². The summed E-state index contributed by atoms with van der Waals surface area (Å²) in [6, 6.07) is 13.1. The molecular formula is C21H22N2O4. The van der Waals surface area contributed by atoms with Gasteiger partial charge in [0, 0.05) is 23.4 Å². The Kier molecular flexibility index (Phi) is 5.54. The molecule has 6 heteroatoms. The van der Waals surface area contributed by atoms with Crippen LogP contribution < -0.4 is 5.32 Å². The molecule has 1 fully saturated rings. The number of likely N-dealkylation sites (tertiary alicyclic amines) is 1. The highest BCUT2D eigenvalue weighted by atomic mass is 16.4. The number of hydrogen-bond donors (Lipinski definition) is 2. The second-order valence-electron chi connectivity index (χ2n) is 6.70. The first kappa shape index (κ1) is 18.6. The van der Waals surface area contributed by atoms with Gasteiger partial charge in [0.05, 0.1) is 0 Å². The lowest BCUT2D eigenvalue weighted by atomic mass is 10.00. The summed E-state index contributed by atoms with van der Waals surface area (Å²) in [5.74, 6) is -1.56. The monoisotopic (exact) mass is 366 g/mol. The number of nitrogens with one attached hydrogen (secondary N) is 1. The van der Waals surface area contributed by atoms with E-state index in [0.717, 1.165) is 18.4 Å².